The maximum absolute atomic E-state index is 12.1. The van der Waals surface area contributed by atoms with Gasteiger partial charge in [-0.15, -0.1) is 0 Å². The van der Waals surface area contributed by atoms with Crippen LogP contribution in [-0.2, 0) is 15.6 Å². The van der Waals surface area contributed by atoms with Crippen LogP contribution in [-0.4, -0.2) is 8.42 Å². The standard InChI is InChI=1S/C14H10ClNO3S/c15-12-5-3-11(4-6-12)8-14(9-16)20(17,18)10-13-2-1-7-19-13/h1-8H,10H2/b14-8-. The van der Waals surface area contributed by atoms with Crippen LogP contribution in [0.4, 0.5) is 0 Å². The molecule has 0 radical (unpaired) electrons. The molecule has 0 atom stereocenters. The quantitative estimate of drug-likeness (QED) is 0.811. The molecule has 20 heavy (non-hydrogen) atoms. The molecule has 102 valence electrons. The van der Waals surface area contributed by atoms with Crippen LogP contribution in [0.15, 0.2) is 52.0 Å². The summed E-state index contributed by atoms with van der Waals surface area (Å²) in [6.45, 7) is 0. The number of furan rings is 1. The molecule has 1 heterocycles. The highest BCUT2D eigenvalue weighted by Crippen LogP contribution is 2.18. The van der Waals surface area contributed by atoms with Crippen LogP contribution in [0.3, 0.4) is 0 Å². The van der Waals surface area contributed by atoms with Crippen molar-refractivity contribution in [1.82, 2.24) is 0 Å². The highest BCUT2D eigenvalue weighted by Gasteiger charge is 2.20. The smallest absolute Gasteiger partial charge is 0.195 e. The predicted molar refractivity (Wildman–Crippen MR) is 76.4 cm³/mol. The Labute approximate surface area is 121 Å². The summed E-state index contributed by atoms with van der Waals surface area (Å²) in [5, 5.41) is 9.59. The van der Waals surface area contributed by atoms with Crippen molar-refractivity contribution < 1.29 is 12.8 Å². The first kappa shape index (κ1) is 14.4. The molecule has 0 aliphatic rings. The first-order chi connectivity index (χ1) is 9.51. The van der Waals surface area contributed by atoms with Crippen LogP contribution in [0.1, 0.15) is 11.3 Å². The van der Waals surface area contributed by atoms with Gasteiger partial charge in [0, 0.05) is 5.02 Å². The summed E-state index contributed by atoms with van der Waals surface area (Å²) in [5.74, 6) is -0.0465. The molecule has 0 spiro atoms. The molecule has 6 heteroatoms. The zero-order valence-electron chi connectivity index (χ0n) is 10.3. The SMILES string of the molecule is N#C/C(=C/c1ccc(Cl)cc1)S(=O)(=O)Cc1ccco1. The molecule has 0 aliphatic carbocycles. The van der Waals surface area contributed by atoms with Gasteiger partial charge in [-0.25, -0.2) is 8.42 Å². The first-order valence-electron chi connectivity index (χ1n) is 5.64. The number of hydrogen-bond acceptors (Lipinski definition) is 4. The van der Waals surface area contributed by atoms with Gasteiger partial charge in [0.1, 0.15) is 22.5 Å². The Morgan fingerprint density at radius 3 is 2.55 bits per heavy atom. The molecule has 0 saturated carbocycles. The molecule has 0 aliphatic heterocycles. The van der Waals surface area contributed by atoms with Crippen molar-refractivity contribution in [3.8, 4) is 6.07 Å². The van der Waals surface area contributed by atoms with Crippen LogP contribution in [0.5, 0.6) is 0 Å². The largest absolute Gasteiger partial charge is 0.468 e. The van der Waals surface area contributed by atoms with Gasteiger partial charge in [0.25, 0.3) is 0 Å². The summed E-state index contributed by atoms with van der Waals surface area (Å²) in [7, 11) is -3.73. The Kier molecular flexibility index (Phi) is 4.28. The van der Waals surface area contributed by atoms with Gasteiger partial charge in [0.2, 0.25) is 0 Å². The van der Waals surface area contributed by atoms with Gasteiger partial charge < -0.3 is 4.42 Å². The van der Waals surface area contributed by atoms with Gasteiger partial charge >= 0.3 is 0 Å². The molecule has 1 aromatic carbocycles. The second kappa shape index (κ2) is 5.95. The third kappa shape index (κ3) is 3.50. The van der Waals surface area contributed by atoms with Crippen LogP contribution in [0, 0.1) is 11.3 Å². The number of hydrogen-bond donors (Lipinski definition) is 0. The highest BCUT2D eigenvalue weighted by molar-refractivity contribution is 7.94. The van der Waals surface area contributed by atoms with Crippen molar-refractivity contribution in [1.29, 1.82) is 5.26 Å². The molecule has 0 unspecified atom stereocenters. The lowest BCUT2D eigenvalue weighted by molar-refractivity contribution is 0.522. The van der Waals surface area contributed by atoms with Gasteiger partial charge in [0.05, 0.1) is 6.26 Å². The summed E-state index contributed by atoms with van der Waals surface area (Å²) in [6.07, 6.45) is 2.70. The normalized spacial score (nSPS) is 12.1. The van der Waals surface area contributed by atoms with E-state index in [0.29, 0.717) is 16.3 Å². The van der Waals surface area contributed by atoms with E-state index in [1.165, 1.54) is 12.3 Å². The van der Waals surface area contributed by atoms with Crippen molar-refractivity contribution in [2.75, 3.05) is 0 Å². The fraction of sp³-hybridized carbons (Fsp3) is 0.0714. The lowest BCUT2D eigenvalue weighted by Gasteiger charge is -2.01. The number of allylic oxidation sites excluding steroid dienone is 1. The topological polar surface area (TPSA) is 71.1 Å². The van der Waals surface area contributed by atoms with Crippen molar-refractivity contribution in [2.24, 2.45) is 0 Å². The third-order valence-corrected chi connectivity index (χ3v) is 4.32. The Hall–Kier alpha value is -2.03. The van der Waals surface area contributed by atoms with E-state index in [9.17, 15) is 8.42 Å². The van der Waals surface area contributed by atoms with E-state index < -0.39 is 9.84 Å². The van der Waals surface area contributed by atoms with Gasteiger partial charge in [-0.1, -0.05) is 23.7 Å². The van der Waals surface area contributed by atoms with Gasteiger partial charge in [-0.3, -0.25) is 0 Å². The summed E-state index contributed by atoms with van der Waals surface area (Å²) in [4.78, 5) is -0.309. The van der Waals surface area contributed by atoms with E-state index in [-0.39, 0.29) is 10.7 Å². The van der Waals surface area contributed by atoms with Crippen molar-refractivity contribution in [2.45, 2.75) is 5.75 Å². The van der Waals surface area contributed by atoms with Crippen molar-refractivity contribution in [3.05, 3.63) is 63.9 Å². The molecule has 0 N–H and O–H groups in total. The number of nitriles is 1. The van der Waals surface area contributed by atoms with E-state index >= 15 is 0 Å². The molecule has 4 nitrogen and oxygen atoms in total. The molecule has 0 amide bonds. The van der Waals surface area contributed by atoms with Crippen molar-refractivity contribution in [3.63, 3.8) is 0 Å². The molecule has 0 saturated heterocycles. The van der Waals surface area contributed by atoms with E-state index in [0.717, 1.165) is 0 Å². The van der Waals surface area contributed by atoms with E-state index in [2.05, 4.69) is 0 Å². The van der Waals surface area contributed by atoms with Crippen LogP contribution in [0.2, 0.25) is 5.02 Å². The molecule has 1 aromatic heterocycles. The second-order valence-electron chi connectivity index (χ2n) is 4.01. The Morgan fingerprint density at radius 2 is 2.00 bits per heavy atom. The lowest BCUT2D eigenvalue weighted by Crippen LogP contribution is -2.05. The number of sulfone groups is 1. The molecule has 2 aromatic rings. The van der Waals surface area contributed by atoms with Crippen LogP contribution >= 0.6 is 11.6 Å². The summed E-state index contributed by atoms with van der Waals surface area (Å²) in [6, 6.07) is 11.4. The number of rotatable bonds is 4. The van der Waals surface area contributed by atoms with Gasteiger partial charge in [0.15, 0.2) is 9.84 Å². The maximum atomic E-state index is 12.1. The minimum Gasteiger partial charge on any atom is -0.468 e. The average Bonchev–Trinajstić information content (AvgIpc) is 2.90. The summed E-state index contributed by atoms with van der Waals surface area (Å²) < 4.78 is 29.2. The molecular formula is C14H10ClNO3S. The minimum atomic E-state index is -3.73. The Bertz CT molecular complexity index is 754. The third-order valence-electron chi connectivity index (χ3n) is 2.53. The van der Waals surface area contributed by atoms with E-state index in [4.69, 9.17) is 21.3 Å². The minimum absolute atomic E-state index is 0.294. The zero-order valence-corrected chi connectivity index (χ0v) is 11.9. The van der Waals surface area contributed by atoms with Gasteiger partial charge in [-0.05, 0) is 35.9 Å². The summed E-state index contributed by atoms with van der Waals surface area (Å²) in [5.41, 5.74) is 0.592. The first-order valence-corrected chi connectivity index (χ1v) is 7.67. The zero-order chi connectivity index (χ0) is 14.6. The number of halogens is 1. The predicted octanol–water partition coefficient (Wildman–Crippen LogP) is 3.41. The fourth-order valence-corrected chi connectivity index (χ4v) is 2.84. The molecule has 0 bridgehead atoms. The van der Waals surface area contributed by atoms with Crippen LogP contribution < -0.4 is 0 Å². The monoisotopic (exact) mass is 307 g/mol. The average molecular weight is 308 g/mol. The molecular weight excluding hydrogens is 298 g/mol. The van der Waals surface area contributed by atoms with Crippen molar-refractivity contribution >= 4 is 27.5 Å². The number of benzene rings is 1. The Balaban J connectivity index is 2.32. The Morgan fingerprint density at radius 1 is 1.30 bits per heavy atom. The fourth-order valence-electron chi connectivity index (χ4n) is 1.56. The van der Waals surface area contributed by atoms with E-state index in [1.807, 2.05) is 0 Å². The lowest BCUT2D eigenvalue weighted by atomic mass is 10.2. The molecule has 2 rings (SSSR count). The highest BCUT2D eigenvalue weighted by atomic mass is 35.5. The van der Waals surface area contributed by atoms with E-state index in [1.54, 1.807) is 42.5 Å². The number of nitrogens with zero attached hydrogens (tertiary/aromatic N) is 1. The molecule has 0 fully saturated rings. The summed E-state index contributed by atoms with van der Waals surface area (Å²) >= 11 is 5.75. The maximum Gasteiger partial charge on any atom is 0.195 e. The van der Waals surface area contributed by atoms with Crippen LogP contribution in [0.25, 0.3) is 6.08 Å². The van der Waals surface area contributed by atoms with Gasteiger partial charge in [-0.2, -0.15) is 5.26 Å². The second-order valence-corrected chi connectivity index (χ2v) is 6.40.